The Morgan fingerprint density at radius 3 is 2.62 bits per heavy atom. The van der Waals surface area contributed by atoms with Crippen LogP contribution in [0.15, 0.2) is 17.0 Å². The summed E-state index contributed by atoms with van der Waals surface area (Å²) in [5.41, 5.74) is -0.253. The molecule has 1 heterocycles. The molecule has 0 atom stereocenters. The van der Waals surface area contributed by atoms with E-state index in [0.717, 1.165) is 10.9 Å². The van der Waals surface area contributed by atoms with E-state index in [2.05, 4.69) is 20.1 Å². The second-order valence-electron chi connectivity index (χ2n) is 4.03. The van der Waals surface area contributed by atoms with E-state index < -0.39 is 20.6 Å². The monoisotopic (exact) mass is 332 g/mol. The summed E-state index contributed by atoms with van der Waals surface area (Å²) in [4.78, 5) is 10.9. The zero-order chi connectivity index (χ0) is 15.8. The normalized spacial score (nSPS) is 11.4. The molecule has 0 aliphatic heterocycles. The Kier molecular flexibility index (Phi) is 3.78. The van der Waals surface area contributed by atoms with Crippen molar-refractivity contribution in [3.05, 3.63) is 32.8 Å². The highest BCUT2D eigenvalue weighted by atomic mass is 35.5. The van der Waals surface area contributed by atoms with E-state index in [-0.39, 0.29) is 21.4 Å². The Morgan fingerprint density at radius 1 is 1.43 bits per heavy atom. The summed E-state index contributed by atoms with van der Waals surface area (Å²) in [5.74, 6) is -0.241. The largest absolute Gasteiger partial charge is 0.289 e. The summed E-state index contributed by atoms with van der Waals surface area (Å²) in [6.07, 6.45) is 0. The maximum Gasteiger partial charge on any atom is 0.289 e. The van der Waals surface area contributed by atoms with Crippen LogP contribution in [0.4, 0.5) is 11.6 Å². The van der Waals surface area contributed by atoms with E-state index in [1.807, 2.05) is 0 Å². The summed E-state index contributed by atoms with van der Waals surface area (Å²) in [7, 11) is -2.63. The fourth-order valence-corrected chi connectivity index (χ4v) is 3.04. The molecule has 0 saturated heterocycles. The number of nitrogens with one attached hydrogen (secondary N) is 1. The number of aryl methyl sites for hydroxylation is 2. The third-order valence-corrected chi connectivity index (χ3v) is 4.24. The summed E-state index contributed by atoms with van der Waals surface area (Å²) < 4.78 is 26.5. The minimum atomic E-state index is -4.09. The van der Waals surface area contributed by atoms with Crippen molar-refractivity contribution < 1.29 is 13.3 Å². The van der Waals surface area contributed by atoms with Gasteiger partial charge in [-0.15, -0.1) is 5.10 Å². The van der Waals surface area contributed by atoms with Crippen LogP contribution in [0.25, 0.3) is 0 Å². The van der Waals surface area contributed by atoms with Crippen LogP contribution in [0.5, 0.6) is 0 Å². The van der Waals surface area contributed by atoms with Gasteiger partial charge >= 0.3 is 0 Å². The second-order valence-corrected chi connectivity index (χ2v) is 6.09. The van der Waals surface area contributed by atoms with E-state index in [4.69, 9.17) is 11.6 Å². The second kappa shape index (κ2) is 5.26. The van der Waals surface area contributed by atoms with Crippen molar-refractivity contribution in [3.63, 3.8) is 0 Å². The highest BCUT2D eigenvalue weighted by molar-refractivity contribution is 7.92. The highest BCUT2D eigenvalue weighted by Gasteiger charge is 2.24. The molecule has 2 aromatic rings. The van der Waals surface area contributed by atoms with Gasteiger partial charge < -0.3 is 0 Å². The van der Waals surface area contributed by atoms with Gasteiger partial charge in [0.25, 0.3) is 21.7 Å². The lowest BCUT2D eigenvalue weighted by Crippen LogP contribution is -2.16. The number of hydrogen-bond acceptors (Lipinski definition) is 7. The number of nitrogens with zero attached hydrogens (tertiary/aromatic N) is 5. The van der Waals surface area contributed by atoms with Crippen LogP contribution in [0.2, 0.25) is 5.02 Å². The number of nitro benzene ring substituents is 1. The molecule has 1 N–H and O–H groups in total. The van der Waals surface area contributed by atoms with Crippen molar-refractivity contribution in [2.75, 3.05) is 4.72 Å². The van der Waals surface area contributed by atoms with Crippen LogP contribution in [0.3, 0.4) is 0 Å². The molecule has 0 saturated carbocycles. The van der Waals surface area contributed by atoms with Crippen molar-refractivity contribution in [2.24, 2.45) is 7.05 Å². The van der Waals surface area contributed by atoms with Crippen LogP contribution < -0.4 is 4.72 Å². The van der Waals surface area contributed by atoms with Gasteiger partial charge in [-0.25, -0.2) is 13.1 Å². The number of anilines is 1. The minimum absolute atomic E-state index is 0.144. The van der Waals surface area contributed by atoms with Crippen LogP contribution in [-0.4, -0.2) is 33.5 Å². The van der Waals surface area contributed by atoms with Gasteiger partial charge in [0.05, 0.1) is 16.9 Å². The lowest BCUT2D eigenvalue weighted by molar-refractivity contribution is -0.384. The number of aromatic nitrogens is 4. The van der Waals surface area contributed by atoms with E-state index in [1.54, 1.807) is 0 Å². The molecule has 112 valence electrons. The van der Waals surface area contributed by atoms with Gasteiger partial charge in [0, 0.05) is 6.07 Å². The number of hydrogen-bond donors (Lipinski definition) is 1. The van der Waals surface area contributed by atoms with E-state index >= 15 is 0 Å². The van der Waals surface area contributed by atoms with Crippen LogP contribution in [0, 0.1) is 17.0 Å². The van der Waals surface area contributed by atoms with Gasteiger partial charge in [-0.2, -0.15) is 4.80 Å². The van der Waals surface area contributed by atoms with Crippen molar-refractivity contribution in [3.8, 4) is 0 Å². The molecule has 0 aliphatic carbocycles. The molecule has 0 spiro atoms. The number of benzene rings is 1. The Hall–Kier alpha value is -2.27. The number of nitro groups is 1. The fourth-order valence-electron chi connectivity index (χ4n) is 1.57. The third kappa shape index (κ3) is 3.08. The predicted molar refractivity (Wildman–Crippen MR) is 72.4 cm³/mol. The van der Waals surface area contributed by atoms with Crippen molar-refractivity contribution >= 4 is 33.3 Å². The first-order valence-corrected chi connectivity index (χ1v) is 7.28. The van der Waals surface area contributed by atoms with Gasteiger partial charge in [-0.1, -0.05) is 16.7 Å². The molecule has 0 radical (unpaired) electrons. The van der Waals surface area contributed by atoms with E-state index in [9.17, 15) is 18.5 Å². The first-order valence-electron chi connectivity index (χ1n) is 5.42. The molecule has 1 aromatic carbocycles. The standard InChI is InChI=1S/C9H9ClN6O4S/c1-5-3-6(10)7(16(17)18)4-8(5)21(19,20)13-9-11-14-15(2)12-9/h3-4H,1-2H3,(H,12,13). The Balaban J connectivity index is 2.49. The summed E-state index contributed by atoms with van der Waals surface area (Å²) in [6, 6.07) is 2.09. The molecule has 0 amide bonds. The number of tetrazole rings is 1. The van der Waals surface area contributed by atoms with Gasteiger partial charge in [-0.3, -0.25) is 10.1 Å². The smallest absolute Gasteiger partial charge is 0.258 e. The SMILES string of the molecule is Cc1cc(Cl)c([N+](=O)[O-])cc1S(=O)(=O)Nc1nnn(C)n1. The van der Waals surface area contributed by atoms with Gasteiger partial charge in [0.2, 0.25) is 0 Å². The molecule has 0 bridgehead atoms. The first-order chi connectivity index (χ1) is 9.70. The highest BCUT2D eigenvalue weighted by Crippen LogP contribution is 2.30. The molecule has 0 aliphatic rings. The molecular weight excluding hydrogens is 324 g/mol. The van der Waals surface area contributed by atoms with Crippen LogP contribution >= 0.6 is 11.6 Å². The van der Waals surface area contributed by atoms with Crippen LogP contribution in [0.1, 0.15) is 5.56 Å². The molecular formula is C9H9ClN6O4S. The molecule has 0 fully saturated rings. The predicted octanol–water partition coefficient (Wildman–Crippen LogP) is 0.881. The number of rotatable bonds is 4. The van der Waals surface area contributed by atoms with Crippen LogP contribution in [-0.2, 0) is 17.1 Å². The summed E-state index contributed by atoms with van der Waals surface area (Å²) >= 11 is 5.72. The fraction of sp³-hybridized carbons (Fsp3) is 0.222. The Bertz CT molecular complexity index is 818. The minimum Gasteiger partial charge on any atom is -0.258 e. The summed E-state index contributed by atoms with van der Waals surface area (Å²) in [5, 5.41) is 21.3. The maximum absolute atomic E-state index is 12.2. The quantitative estimate of drug-likeness (QED) is 0.648. The van der Waals surface area contributed by atoms with E-state index in [0.29, 0.717) is 0 Å². The average Bonchev–Trinajstić information content (AvgIpc) is 2.72. The molecule has 10 nitrogen and oxygen atoms in total. The zero-order valence-corrected chi connectivity index (χ0v) is 12.4. The zero-order valence-electron chi connectivity index (χ0n) is 10.8. The lowest BCUT2D eigenvalue weighted by Gasteiger charge is -2.08. The number of sulfonamides is 1. The van der Waals surface area contributed by atoms with Gasteiger partial charge in [0.1, 0.15) is 5.02 Å². The molecule has 21 heavy (non-hydrogen) atoms. The molecule has 1 aromatic heterocycles. The topological polar surface area (TPSA) is 133 Å². The van der Waals surface area contributed by atoms with Gasteiger partial charge in [0.15, 0.2) is 0 Å². The Labute approximate surface area is 123 Å². The molecule has 0 unspecified atom stereocenters. The van der Waals surface area contributed by atoms with Crippen molar-refractivity contribution in [2.45, 2.75) is 11.8 Å². The number of halogens is 1. The van der Waals surface area contributed by atoms with Crippen molar-refractivity contribution in [1.29, 1.82) is 0 Å². The lowest BCUT2D eigenvalue weighted by atomic mass is 10.2. The maximum atomic E-state index is 12.2. The summed E-state index contributed by atoms with van der Waals surface area (Å²) in [6.45, 7) is 1.47. The Morgan fingerprint density at radius 2 is 2.10 bits per heavy atom. The first kappa shape index (κ1) is 15.1. The average molecular weight is 333 g/mol. The van der Waals surface area contributed by atoms with Gasteiger partial charge in [-0.05, 0) is 23.8 Å². The van der Waals surface area contributed by atoms with E-state index in [1.165, 1.54) is 20.0 Å². The molecule has 2 rings (SSSR count). The van der Waals surface area contributed by atoms with Crippen molar-refractivity contribution in [1.82, 2.24) is 20.2 Å². The third-order valence-electron chi connectivity index (χ3n) is 2.46. The molecule has 12 heteroatoms.